The van der Waals surface area contributed by atoms with Crippen LogP contribution in [0.25, 0.3) is 0 Å². The van der Waals surface area contributed by atoms with Crippen molar-refractivity contribution in [3.63, 3.8) is 0 Å². The van der Waals surface area contributed by atoms with Crippen LogP contribution >= 0.6 is 11.8 Å². The van der Waals surface area contributed by atoms with Gasteiger partial charge in [0.1, 0.15) is 11.9 Å². The normalized spacial score (nSPS) is 18.6. The molecule has 1 N–H and O–H groups in total. The topological polar surface area (TPSA) is 70.3 Å². The van der Waals surface area contributed by atoms with Crippen molar-refractivity contribution < 1.29 is 9.53 Å². The van der Waals surface area contributed by atoms with E-state index in [1.807, 2.05) is 42.3 Å². The van der Waals surface area contributed by atoms with Crippen molar-refractivity contribution in [2.75, 3.05) is 35.7 Å². The molecule has 6 nitrogen and oxygen atoms in total. The quantitative estimate of drug-likeness (QED) is 0.783. The molecule has 158 valence electrons. The highest BCUT2D eigenvalue weighted by Crippen LogP contribution is 2.33. The fourth-order valence-electron chi connectivity index (χ4n) is 4.26. The fourth-order valence-corrected chi connectivity index (χ4v) is 5.27. The van der Waals surface area contributed by atoms with Gasteiger partial charge in [-0.2, -0.15) is 5.26 Å². The number of amides is 1. The van der Waals surface area contributed by atoms with Crippen LogP contribution in [0.4, 0.5) is 11.5 Å². The van der Waals surface area contributed by atoms with Crippen LogP contribution in [0.2, 0.25) is 0 Å². The molecule has 1 fully saturated rings. The lowest BCUT2D eigenvalue weighted by atomic mass is 10.2. The molecule has 4 rings (SSSR count). The summed E-state index contributed by atoms with van der Waals surface area (Å²) in [5.41, 5.74) is 3.58. The molecule has 0 radical (unpaired) electrons. The minimum absolute atomic E-state index is 0.0979. The summed E-state index contributed by atoms with van der Waals surface area (Å²) in [4.78, 5) is 16.4. The Kier molecular flexibility index (Phi) is 6.35. The predicted molar refractivity (Wildman–Crippen MR) is 120 cm³/mol. The number of anilines is 2. The molecular formula is C23H28N4O2S. The van der Waals surface area contributed by atoms with Gasteiger partial charge in [0.25, 0.3) is 0 Å². The highest BCUT2D eigenvalue weighted by atomic mass is 32.2. The maximum atomic E-state index is 13.1. The molecule has 0 spiro atoms. The molecule has 2 aromatic rings. The second-order valence-electron chi connectivity index (χ2n) is 7.93. The number of hydrogen-bond acceptors (Lipinski definition) is 5. The largest absolute Gasteiger partial charge is 0.376 e. The van der Waals surface area contributed by atoms with Gasteiger partial charge in [-0.15, -0.1) is 11.8 Å². The standard InChI is InChI=1S/C23H28N4O2S/c1-16-17(2)27(14-18-7-5-11-29-18)23(19(16)13-24)25-22(28)15-26-10-6-12-30-21-9-4-3-8-20(21)26/h3-4,8-9,18H,5-7,10-12,14-15H2,1-2H3,(H,25,28)/t18-/m0/s1. The SMILES string of the molecule is Cc1c(C#N)c(NC(=O)CN2CCCSc3ccccc32)n(C[C@@H]2CCCO2)c1C. The van der Waals surface area contributed by atoms with Crippen LogP contribution < -0.4 is 10.2 Å². The molecule has 1 atom stereocenters. The molecule has 0 bridgehead atoms. The molecule has 1 aromatic heterocycles. The zero-order valence-corrected chi connectivity index (χ0v) is 18.4. The van der Waals surface area contributed by atoms with Gasteiger partial charge in [-0.3, -0.25) is 4.79 Å². The molecule has 0 aliphatic carbocycles. The van der Waals surface area contributed by atoms with Gasteiger partial charge in [0.15, 0.2) is 0 Å². The zero-order chi connectivity index (χ0) is 21.1. The lowest BCUT2D eigenvalue weighted by Gasteiger charge is -2.24. The Morgan fingerprint density at radius 3 is 2.93 bits per heavy atom. The number of fused-ring (bicyclic) bond motifs is 1. The van der Waals surface area contributed by atoms with Gasteiger partial charge in [-0.1, -0.05) is 12.1 Å². The van der Waals surface area contributed by atoms with E-state index in [4.69, 9.17) is 4.74 Å². The number of nitrogens with zero attached hydrogens (tertiary/aromatic N) is 3. The van der Waals surface area contributed by atoms with Crippen LogP contribution in [0.5, 0.6) is 0 Å². The molecule has 1 aromatic carbocycles. The summed E-state index contributed by atoms with van der Waals surface area (Å²) in [7, 11) is 0. The average Bonchev–Trinajstić information content (AvgIpc) is 3.27. The van der Waals surface area contributed by atoms with E-state index in [2.05, 4.69) is 28.4 Å². The zero-order valence-electron chi connectivity index (χ0n) is 17.6. The second kappa shape index (κ2) is 9.15. The third-order valence-corrected chi connectivity index (χ3v) is 7.13. The molecule has 1 saturated heterocycles. The Morgan fingerprint density at radius 2 is 2.17 bits per heavy atom. The predicted octanol–water partition coefficient (Wildman–Crippen LogP) is 4.10. The number of carbonyl (C=O) groups excluding carboxylic acids is 1. The average molecular weight is 425 g/mol. The number of carbonyl (C=O) groups is 1. The molecule has 1 amide bonds. The summed E-state index contributed by atoms with van der Waals surface area (Å²) in [6.45, 7) is 6.50. The molecule has 2 aliphatic rings. The Labute approximate surface area is 182 Å². The van der Waals surface area contributed by atoms with Crippen molar-refractivity contribution >= 4 is 29.2 Å². The number of ether oxygens (including phenoxy) is 1. The van der Waals surface area contributed by atoms with Crippen molar-refractivity contribution in [2.24, 2.45) is 0 Å². The lowest BCUT2D eigenvalue weighted by molar-refractivity contribution is -0.115. The van der Waals surface area contributed by atoms with Crippen molar-refractivity contribution in [1.82, 2.24) is 4.57 Å². The summed E-state index contributed by atoms with van der Waals surface area (Å²) in [5, 5.41) is 12.8. The van der Waals surface area contributed by atoms with Crippen LogP contribution in [-0.2, 0) is 16.1 Å². The molecule has 0 unspecified atom stereocenters. The number of thioether (sulfide) groups is 1. The number of benzene rings is 1. The van der Waals surface area contributed by atoms with E-state index in [9.17, 15) is 10.1 Å². The van der Waals surface area contributed by atoms with Crippen molar-refractivity contribution in [3.8, 4) is 6.07 Å². The number of hydrogen-bond donors (Lipinski definition) is 1. The number of para-hydroxylation sites is 1. The van der Waals surface area contributed by atoms with Crippen LogP contribution in [0.1, 0.15) is 36.1 Å². The number of aromatic nitrogens is 1. The number of rotatable bonds is 5. The van der Waals surface area contributed by atoms with Crippen molar-refractivity contribution in [1.29, 1.82) is 5.26 Å². The minimum atomic E-state index is -0.0979. The van der Waals surface area contributed by atoms with Gasteiger partial charge < -0.3 is 19.5 Å². The van der Waals surface area contributed by atoms with E-state index in [-0.39, 0.29) is 18.6 Å². The summed E-state index contributed by atoms with van der Waals surface area (Å²) >= 11 is 1.84. The van der Waals surface area contributed by atoms with Gasteiger partial charge in [-0.25, -0.2) is 0 Å². The van der Waals surface area contributed by atoms with Gasteiger partial charge in [0, 0.05) is 23.7 Å². The molecule has 0 saturated carbocycles. The summed E-state index contributed by atoms with van der Waals surface area (Å²) < 4.78 is 7.85. The van der Waals surface area contributed by atoms with E-state index < -0.39 is 0 Å². The van der Waals surface area contributed by atoms with Gasteiger partial charge in [-0.05, 0) is 56.6 Å². The number of nitriles is 1. The lowest BCUT2D eigenvalue weighted by Crippen LogP contribution is -2.34. The van der Waals surface area contributed by atoms with Crippen LogP contribution in [0.3, 0.4) is 0 Å². The van der Waals surface area contributed by atoms with E-state index in [0.29, 0.717) is 17.9 Å². The molecular weight excluding hydrogens is 396 g/mol. The van der Waals surface area contributed by atoms with E-state index in [0.717, 1.165) is 55.1 Å². The maximum absolute atomic E-state index is 13.1. The van der Waals surface area contributed by atoms with E-state index >= 15 is 0 Å². The Hall–Kier alpha value is -2.43. The first-order valence-corrected chi connectivity index (χ1v) is 11.5. The van der Waals surface area contributed by atoms with Gasteiger partial charge in [0.05, 0.1) is 30.4 Å². The fraction of sp³-hybridized carbons (Fsp3) is 0.478. The second-order valence-corrected chi connectivity index (χ2v) is 9.07. The van der Waals surface area contributed by atoms with E-state index in [1.54, 1.807) is 0 Å². The highest BCUT2D eigenvalue weighted by Gasteiger charge is 2.25. The molecule has 3 heterocycles. The summed E-state index contributed by atoms with van der Waals surface area (Å²) in [6, 6.07) is 10.5. The summed E-state index contributed by atoms with van der Waals surface area (Å²) in [6.07, 6.45) is 3.23. The van der Waals surface area contributed by atoms with Gasteiger partial charge in [0.2, 0.25) is 5.91 Å². The number of nitrogens with one attached hydrogen (secondary N) is 1. The first-order chi connectivity index (χ1) is 14.6. The first kappa shape index (κ1) is 20.8. The van der Waals surface area contributed by atoms with Crippen LogP contribution in [0.15, 0.2) is 29.2 Å². The van der Waals surface area contributed by atoms with E-state index in [1.165, 1.54) is 4.90 Å². The van der Waals surface area contributed by atoms with Crippen molar-refractivity contribution in [3.05, 3.63) is 41.1 Å². The minimum Gasteiger partial charge on any atom is -0.376 e. The Balaban J connectivity index is 1.56. The first-order valence-electron chi connectivity index (χ1n) is 10.6. The third kappa shape index (κ3) is 4.21. The Bertz CT molecular complexity index is 972. The van der Waals surface area contributed by atoms with Crippen molar-refractivity contribution in [2.45, 2.75) is 50.7 Å². The smallest absolute Gasteiger partial charge is 0.245 e. The van der Waals surface area contributed by atoms with Crippen LogP contribution in [0, 0.1) is 25.2 Å². The summed E-state index contributed by atoms with van der Waals surface area (Å²) in [5.74, 6) is 1.56. The van der Waals surface area contributed by atoms with Crippen LogP contribution in [-0.4, -0.2) is 42.0 Å². The maximum Gasteiger partial charge on any atom is 0.245 e. The molecule has 7 heteroatoms. The Morgan fingerprint density at radius 1 is 1.33 bits per heavy atom. The molecule has 2 aliphatic heterocycles. The highest BCUT2D eigenvalue weighted by molar-refractivity contribution is 7.99. The van der Waals surface area contributed by atoms with Gasteiger partial charge >= 0.3 is 0 Å². The third-order valence-electron chi connectivity index (χ3n) is 5.98. The monoisotopic (exact) mass is 424 g/mol. The molecule has 30 heavy (non-hydrogen) atoms.